The second kappa shape index (κ2) is 7.08. The van der Waals surface area contributed by atoms with Crippen LogP contribution in [-0.2, 0) is 11.3 Å². The van der Waals surface area contributed by atoms with Gasteiger partial charge in [-0.3, -0.25) is 10.1 Å². The largest absolute Gasteiger partial charge is 0.385 e. The Labute approximate surface area is 154 Å². The predicted octanol–water partition coefficient (Wildman–Crippen LogP) is 3.59. The Bertz CT molecular complexity index is 1120. The van der Waals surface area contributed by atoms with E-state index in [4.69, 9.17) is 9.72 Å². The van der Waals surface area contributed by atoms with Gasteiger partial charge in [-0.05, 0) is 30.7 Å². The molecule has 0 N–H and O–H groups in total. The Hall–Kier alpha value is -3.39. The molecule has 0 radical (unpaired) electrons. The minimum Gasteiger partial charge on any atom is -0.385 e. The van der Waals surface area contributed by atoms with Gasteiger partial charge < -0.3 is 9.30 Å². The number of nitrogens with zero attached hydrogens (tertiary/aromatic N) is 5. The van der Waals surface area contributed by atoms with Gasteiger partial charge in [0.05, 0.1) is 16.0 Å². The van der Waals surface area contributed by atoms with E-state index in [0.717, 1.165) is 23.0 Å². The molecule has 0 aliphatic heterocycles. The van der Waals surface area contributed by atoms with Crippen LogP contribution in [0.3, 0.4) is 0 Å². The summed E-state index contributed by atoms with van der Waals surface area (Å²) in [6.45, 7) is 1.27. The molecule has 4 rings (SSSR count). The fourth-order valence-electron chi connectivity index (χ4n) is 3.03. The molecule has 0 saturated carbocycles. The number of imidazole rings is 1. The summed E-state index contributed by atoms with van der Waals surface area (Å²) >= 11 is 0. The molecule has 0 amide bonds. The van der Waals surface area contributed by atoms with Gasteiger partial charge in [0, 0.05) is 38.0 Å². The number of hydrogen-bond acceptors (Lipinski definition) is 6. The normalized spacial score (nSPS) is 11.3. The molecule has 8 nitrogen and oxygen atoms in total. The number of fused-ring (bicyclic) bond motifs is 2. The molecule has 0 bridgehead atoms. The summed E-state index contributed by atoms with van der Waals surface area (Å²) in [5.41, 5.74) is 3.65. The summed E-state index contributed by atoms with van der Waals surface area (Å²) in [5.74, 6) is 0.686. The molecule has 136 valence electrons. The summed E-state index contributed by atoms with van der Waals surface area (Å²) in [7, 11) is 1.66. The Kier molecular flexibility index (Phi) is 4.47. The van der Waals surface area contributed by atoms with Crippen LogP contribution in [0.5, 0.6) is 0 Å². The van der Waals surface area contributed by atoms with E-state index in [1.807, 2.05) is 28.8 Å². The van der Waals surface area contributed by atoms with Gasteiger partial charge in [-0.1, -0.05) is 12.1 Å². The lowest BCUT2D eigenvalue weighted by atomic mass is 10.2. The number of para-hydroxylation sites is 2. The van der Waals surface area contributed by atoms with Crippen LogP contribution in [0.1, 0.15) is 6.42 Å². The summed E-state index contributed by atoms with van der Waals surface area (Å²) in [5, 5.41) is 10.9. The molecule has 8 heteroatoms. The van der Waals surface area contributed by atoms with Crippen LogP contribution in [0.2, 0.25) is 0 Å². The minimum absolute atomic E-state index is 0.0442. The van der Waals surface area contributed by atoms with E-state index in [2.05, 4.69) is 9.97 Å². The average molecular weight is 363 g/mol. The van der Waals surface area contributed by atoms with E-state index >= 15 is 0 Å². The number of hydrogen-bond donors (Lipinski definition) is 0. The van der Waals surface area contributed by atoms with Crippen LogP contribution in [-0.4, -0.2) is 38.2 Å². The van der Waals surface area contributed by atoms with Gasteiger partial charge in [0.1, 0.15) is 5.82 Å². The molecule has 2 aromatic carbocycles. The third-order valence-corrected chi connectivity index (χ3v) is 4.32. The van der Waals surface area contributed by atoms with Crippen LogP contribution in [0.25, 0.3) is 33.7 Å². The molecule has 0 unspecified atom stereocenters. The number of nitro groups is 1. The molecule has 0 spiro atoms. The Morgan fingerprint density at radius 2 is 1.74 bits per heavy atom. The highest BCUT2D eigenvalue weighted by Gasteiger charge is 2.16. The van der Waals surface area contributed by atoms with Crippen LogP contribution in [0.4, 0.5) is 5.69 Å². The number of methoxy groups -OCH3 is 1. The van der Waals surface area contributed by atoms with E-state index < -0.39 is 4.92 Å². The SMILES string of the molecule is COCCCn1c(-c2ccc([N+](=O)[O-])cc2)nc2nc3ccccc3nc21. The Morgan fingerprint density at radius 3 is 2.41 bits per heavy atom. The van der Waals surface area contributed by atoms with Crippen molar-refractivity contribution in [2.75, 3.05) is 13.7 Å². The number of nitro benzene ring substituents is 1. The molecular formula is C19H17N5O3. The first-order chi connectivity index (χ1) is 13.2. The molecule has 0 aliphatic rings. The molecular weight excluding hydrogens is 346 g/mol. The van der Waals surface area contributed by atoms with Crippen molar-refractivity contribution in [3.05, 3.63) is 58.6 Å². The lowest BCUT2D eigenvalue weighted by Gasteiger charge is -2.08. The number of ether oxygens (including phenoxy) is 1. The maximum Gasteiger partial charge on any atom is 0.269 e. The van der Waals surface area contributed by atoms with Crippen molar-refractivity contribution >= 4 is 28.0 Å². The van der Waals surface area contributed by atoms with E-state index in [0.29, 0.717) is 30.3 Å². The van der Waals surface area contributed by atoms with Gasteiger partial charge in [0.15, 0.2) is 11.3 Å². The number of non-ortho nitro benzene ring substituents is 1. The molecule has 0 aliphatic carbocycles. The van der Waals surface area contributed by atoms with Gasteiger partial charge in [0.2, 0.25) is 0 Å². The summed E-state index contributed by atoms with van der Waals surface area (Å²) in [6.07, 6.45) is 0.788. The van der Waals surface area contributed by atoms with Gasteiger partial charge in [-0.25, -0.2) is 15.0 Å². The second-order valence-electron chi connectivity index (χ2n) is 6.10. The van der Waals surface area contributed by atoms with Gasteiger partial charge in [0.25, 0.3) is 5.69 Å². The molecule has 0 atom stereocenters. The summed E-state index contributed by atoms with van der Waals surface area (Å²) < 4.78 is 7.16. The van der Waals surface area contributed by atoms with Crippen LogP contribution < -0.4 is 0 Å². The Morgan fingerprint density at radius 1 is 1.04 bits per heavy atom. The lowest BCUT2D eigenvalue weighted by molar-refractivity contribution is -0.384. The van der Waals surface area contributed by atoms with E-state index in [-0.39, 0.29) is 5.69 Å². The van der Waals surface area contributed by atoms with Crippen molar-refractivity contribution in [2.24, 2.45) is 0 Å². The second-order valence-corrected chi connectivity index (χ2v) is 6.10. The third-order valence-electron chi connectivity index (χ3n) is 4.32. The maximum atomic E-state index is 10.9. The van der Waals surface area contributed by atoms with Crippen LogP contribution in [0.15, 0.2) is 48.5 Å². The van der Waals surface area contributed by atoms with E-state index in [9.17, 15) is 10.1 Å². The number of rotatable bonds is 6. The first-order valence-corrected chi connectivity index (χ1v) is 8.54. The average Bonchev–Trinajstić information content (AvgIpc) is 3.04. The highest BCUT2D eigenvalue weighted by atomic mass is 16.6. The van der Waals surface area contributed by atoms with Gasteiger partial charge in [-0.2, -0.15) is 0 Å². The molecule has 27 heavy (non-hydrogen) atoms. The highest BCUT2D eigenvalue weighted by molar-refractivity contribution is 5.84. The zero-order valence-electron chi connectivity index (χ0n) is 14.7. The Balaban J connectivity index is 1.87. The highest BCUT2D eigenvalue weighted by Crippen LogP contribution is 2.26. The van der Waals surface area contributed by atoms with Crippen molar-refractivity contribution in [1.29, 1.82) is 0 Å². The summed E-state index contributed by atoms with van der Waals surface area (Å²) in [6, 6.07) is 14.0. The predicted molar refractivity (Wildman–Crippen MR) is 101 cm³/mol. The van der Waals surface area contributed by atoms with Crippen LogP contribution >= 0.6 is 0 Å². The molecule has 2 aromatic heterocycles. The maximum absolute atomic E-state index is 10.9. The zero-order chi connectivity index (χ0) is 18.8. The van der Waals surface area contributed by atoms with Crippen molar-refractivity contribution in [3.8, 4) is 11.4 Å². The van der Waals surface area contributed by atoms with E-state index in [1.54, 1.807) is 19.2 Å². The van der Waals surface area contributed by atoms with E-state index in [1.165, 1.54) is 12.1 Å². The van der Waals surface area contributed by atoms with Gasteiger partial charge in [-0.15, -0.1) is 0 Å². The molecule has 2 heterocycles. The quantitative estimate of drug-likeness (QED) is 0.295. The lowest BCUT2D eigenvalue weighted by Crippen LogP contribution is -2.04. The standard InChI is InChI=1S/C19H17N5O3/c1-27-12-4-11-23-18(13-7-9-14(10-8-13)24(25)26)22-17-19(23)21-16-6-3-2-5-15(16)20-17/h2-3,5-10H,4,11-12H2,1H3. The van der Waals surface area contributed by atoms with Crippen molar-refractivity contribution < 1.29 is 9.66 Å². The first kappa shape index (κ1) is 17.0. The minimum atomic E-state index is -0.416. The third kappa shape index (κ3) is 3.22. The van der Waals surface area contributed by atoms with Crippen molar-refractivity contribution in [2.45, 2.75) is 13.0 Å². The first-order valence-electron chi connectivity index (χ1n) is 8.54. The number of aromatic nitrogens is 4. The van der Waals surface area contributed by atoms with Crippen molar-refractivity contribution in [1.82, 2.24) is 19.5 Å². The van der Waals surface area contributed by atoms with Gasteiger partial charge >= 0.3 is 0 Å². The molecule has 0 fully saturated rings. The smallest absolute Gasteiger partial charge is 0.269 e. The molecule has 4 aromatic rings. The number of aryl methyl sites for hydroxylation is 1. The zero-order valence-corrected chi connectivity index (χ0v) is 14.7. The number of benzene rings is 2. The van der Waals surface area contributed by atoms with Crippen LogP contribution in [0, 0.1) is 10.1 Å². The topological polar surface area (TPSA) is 96.0 Å². The fraction of sp³-hybridized carbons (Fsp3) is 0.211. The summed E-state index contributed by atoms with van der Waals surface area (Å²) in [4.78, 5) is 24.5. The monoisotopic (exact) mass is 363 g/mol. The molecule has 0 saturated heterocycles. The van der Waals surface area contributed by atoms with Crippen molar-refractivity contribution in [3.63, 3.8) is 0 Å². The fourth-order valence-corrected chi connectivity index (χ4v) is 3.03.